The van der Waals surface area contributed by atoms with Gasteiger partial charge in [0.15, 0.2) is 0 Å². The summed E-state index contributed by atoms with van der Waals surface area (Å²) in [5.41, 5.74) is 11.5. The Labute approximate surface area is 153 Å². The third-order valence-electron chi connectivity index (χ3n) is 5.29. The summed E-state index contributed by atoms with van der Waals surface area (Å²) in [6.45, 7) is 0. The van der Waals surface area contributed by atoms with Crippen LogP contribution in [0.4, 0.5) is 0 Å². The number of carbonyl (C=O) groups excluding carboxylic acids is 1. The number of amides is 1. The van der Waals surface area contributed by atoms with Gasteiger partial charge in [0.1, 0.15) is 5.75 Å². The molecule has 3 heteroatoms. The van der Waals surface area contributed by atoms with Crippen LogP contribution in [0.15, 0.2) is 66.7 Å². The van der Waals surface area contributed by atoms with Gasteiger partial charge in [0.2, 0.25) is 5.91 Å². The van der Waals surface area contributed by atoms with E-state index in [4.69, 9.17) is 5.73 Å². The van der Waals surface area contributed by atoms with Crippen molar-refractivity contribution in [3.05, 3.63) is 89.0 Å². The summed E-state index contributed by atoms with van der Waals surface area (Å²) in [5.74, 6) is 0.219. The average Bonchev–Trinajstić information content (AvgIpc) is 2.67. The molecule has 3 N–H and O–H groups in total. The van der Waals surface area contributed by atoms with E-state index in [0.717, 1.165) is 36.0 Å². The summed E-state index contributed by atoms with van der Waals surface area (Å²) < 4.78 is 0. The minimum atomic E-state index is -0.451. The maximum absolute atomic E-state index is 11.9. The van der Waals surface area contributed by atoms with Crippen LogP contribution in [0.1, 0.15) is 39.4 Å². The Kier molecular flexibility index (Phi) is 4.21. The quantitative estimate of drug-likeness (QED) is 0.739. The standard InChI is InChI=1S/C23H21NO2/c24-23(26)20-9-5-4-8-19(20)22-14-18(25)12-17-11-10-16(13-21(17)22)15-6-2-1-3-7-15/h1-9,12,14,16,25H,10-11,13H2,(H2,24,26). The van der Waals surface area contributed by atoms with E-state index in [9.17, 15) is 9.90 Å². The second kappa shape index (κ2) is 6.68. The van der Waals surface area contributed by atoms with Crippen LogP contribution in [0, 0.1) is 0 Å². The Balaban J connectivity index is 1.84. The molecule has 1 amide bonds. The molecule has 1 atom stereocenters. The molecular formula is C23H21NO2. The van der Waals surface area contributed by atoms with Crippen LogP contribution in [0.2, 0.25) is 0 Å². The molecule has 0 aromatic heterocycles. The van der Waals surface area contributed by atoms with Gasteiger partial charge in [0.05, 0.1) is 0 Å². The van der Waals surface area contributed by atoms with E-state index in [2.05, 4.69) is 24.3 Å². The molecule has 0 heterocycles. The summed E-state index contributed by atoms with van der Waals surface area (Å²) in [6.07, 6.45) is 2.86. The van der Waals surface area contributed by atoms with Gasteiger partial charge in [-0.1, -0.05) is 48.5 Å². The van der Waals surface area contributed by atoms with Crippen LogP contribution in [0.3, 0.4) is 0 Å². The molecule has 0 bridgehead atoms. The largest absolute Gasteiger partial charge is 0.508 e. The Morgan fingerprint density at radius 3 is 2.46 bits per heavy atom. The second-order valence-electron chi connectivity index (χ2n) is 6.89. The highest BCUT2D eigenvalue weighted by molar-refractivity contribution is 6.00. The first-order chi connectivity index (χ1) is 12.6. The topological polar surface area (TPSA) is 63.3 Å². The maximum Gasteiger partial charge on any atom is 0.249 e. The van der Waals surface area contributed by atoms with Crippen molar-refractivity contribution in [2.75, 3.05) is 0 Å². The lowest BCUT2D eigenvalue weighted by molar-refractivity contribution is 0.100. The molecule has 3 nitrogen and oxygen atoms in total. The molecule has 0 spiro atoms. The van der Waals surface area contributed by atoms with Gasteiger partial charge in [0.25, 0.3) is 0 Å². The van der Waals surface area contributed by atoms with Gasteiger partial charge in [-0.15, -0.1) is 0 Å². The predicted molar refractivity (Wildman–Crippen MR) is 103 cm³/mol. The number of aryl methyl sites for hydroxylation is 1. The van der Waals surface area contributed by atoms with Crippen molar-refractivity contribution in [2.45, 2.75) is 25.2 Å². The van der Waals surface area contributed by atoms with Crippen molar-refractivity contribution in [2.24, 2.45) is 5.73 Å². The van der Waals surface area contributed by atoms with E-state index in [0.29, 0.717) is 11.5 Å². The molecule has 0 saturated carbocycles. The van der Waals surface area contributed by atoms with Crippen molar-refractivity contribution in [1.82, 2.24) is 0 Å². The predicted octanol–water partition coefficient (Wildman–Crippen LogP) is 4.43. The molecule has 3 aromatic carbocycles. The lowest BCUT2D eigenvalue weighted by Crippen LogP contribution is -2.16. The van der Waals surface area contributed by atoms with E-state index in [1.165, 1.54) is 11.1 Å². The molecule has 1 aliphatic carbocycles. The number of benzene rings is 3. The van der Waals surface area contributed by atoms with Crippen LogP contribution < -0.4 is 5.73 Å². The van der Waals surface area contributed by atoms with Crippen LogP contribution in [-0.2, 0) is 12.8 Å². The van der Waals surface area contributed by atoms with Crippen molar-refractivity contribution >= 4 is 5.91 Å². The number of phenolic OH excluding ortho intramolecular Hbond substituents is 1. The number of nitrogens with two attached hydrogens (primary N) is 1. The average molecular weight is 343 g/mol. The molecule has 4 rings (SSSR count). The summed E-state index contributed by atoms with van der Waals surface area (Å²) in [4.78, 5) is 11.9. The van der Waals surface area contributed by atoms with Crippen molar-refractivity contribution in [3.63, 3.8) is 0 Å². The number of hydrogen-bond donors (Lipinski definition) is 2. The van der Waals surface area contributed by atoms with Gasteiger partial charge in [-0.2, -0.15) is 0 Å². The normalized spacial score (nSPS) is 16.1. The first kappa shape index (κ1) is 16.4. The molecule has 1 aliphatic rings. The zero-order valence-corrected chi connectivity index (χ0v) is 14.5. The summed E-state index contributed by atoms with van der Waals surface area (Å²) in [7, 11) is 0. The molecule has 3 aromatic rings. The molecule has 0 radical (unpaired) electrons. The maximum atomic E-state index is 11.9. The smallest absolute Gasteiger partial charge is 0.249 e. The summed E-state index contributed by atoms with van der Waals surface area (Å²) in [6, 6.07) is 21.5. The number of phenols is 1. The third kappa shape index (κ3) is 2.97. The SMILES string of the molecule is NC(=O)c1ccccc1-c1cc(O)cc2c1CC(c1ccccc1)CC2. The zero-order valence-electron chi connectivity index (χ0n) is 14.5. The molecule has 0 fully saturated rings. The van der Waals surface area contributed by atoms with Crippen molar-refractivity contribution in [1.29, 1.82) is 0 Å². The Hall–Kier alpha value is -3.07. The molecule has 0 saturated heterocycles. The van der Waals surface area contributed by atoms with Gasteiger partial charge in [-0.25, -0.2) is 0 Å². The number of fused-ring (bicyclic) bond motifs is 1. The Morgan fingerprint density at radius 2 is 1.69 bits per heavy atom. The van der Waals surface area contributed by atoms with E-state index in [1.807, 2.05) is 30.3 Å². The highest BCUT2D eigenvalue weighted by Gasteiger charge is 2.24. The zero-order chi connectivity index (χ0) is 18.1. The van der Waals surface area contributed by atoms with Crippen molar-refractivity contribution in [3.8, 4) is 16.9 Å². The van der Waals surface area contributed by atoms with Gasteiger partial charge in [-0.3, -0.25) is 4.79 Å². The molecule has 26 heavy (non-hydrogen) atoms. The van der Waals surface area contributed by atoms with Crippen LogP contribution >= 0.6 is 0 Å². The highest BCUT2D eigenvalue weighted by Crippen LogP contribution is 2.40. The van der Waals surface area contributed by atoms with E-state index < -0.39 is 5.91 Å². The lowest BCUT2D eigenvalue weighted by atomic mass is 9.77. The van der Waals surface area contributed by atoms with Gasteiger partial charge in [-0.05, 0) is 71.2 Å². The fraction of sp³-hybridized carbons (Fsp3) is 0.174. The number of hydrogen-bond acceptors (Lipinski definition) is 2. The van der Waals surface area contributed by atoms with Gasteiger partial charge >= 0.3 is 0 Å². The first-order valence-corrected chi connectivity index (χ1v) is 8.92. The molecule has 130 valence electrons. The number of primary amides is 1. The second-order valence-corrected chi connectivity index (χ2v) is 6.89. The summed E-state index contributed by atoms with van der Waals surface area (Å²) >= 11 is 0. The first-order valence-electron chi connectivity index (χ1n) is 8.92. The van der Waals surface area contributed by atoms with E-state index in [1.54, 1.807) is 12.1 Å². The molecule has 1 unspecified atom stereocenters. The minimum absolute atomic E-state index is 0.233. The fourth-order valence-electron chi connectivity index (χ4n) is 4.04. The Bertz CT molecular complexity index is 963. The van der Waals surface area contributed by atoms with Gasteiger partial charge < -0.3 is 10.8 Å². The molecular weight excluding hydrogens is 322 g/mol. The van der Waals surface area contributed by atoms with Gasteiger partial charge in [0, 0.05) is 5.56 Å². The fourth-order valence-corrected chi connectivity index (χ4v) is 4.04. The highest BCUT2D eigenvalue weighted by atomic mass is 16.3. The van der Waals surface area contributed by atoms with Crippen LogP contribution in [0.5, 0.6) is 5.75 Å². The monoisotopic (exact) mass is 343 g/mol. The number of aromatic hydroxyl groups is 1. The minimum Gasteiger partial charge on any atom is -0.508 e. The van der Waals surface area contributed by atoms with Crippen molar-refractivity contribution < 1.29 is 9.90 Å². The Morgan fingerprint density at radius 1 is 0.962 bits per heavy atom. The van der Waals surface area contributed by atoms with Crippen LogP contribution in [0.25, 0.3) is 11.1 Å². The van der Waals surface area contributed by atoms with E-state index in [-0.39, 0.29) is 5.75 Å². The molecule has 0 aliphatic heterocycles. The van der Waals surface area contributed by atoms with E-state index >= 15 is 0 Å². The summed E-state index contributed by atoms with van der Waals surface area (Å²) in [5, 5.41) is 10.2. The number of carbonyl (C=O) groups is 1. The van der Waals surface area contributed by atoms with Crippen LogP contribution in [-0.4, -0.2) is 11.0 Å². The lowest BCUT2D eigenvalue weighted by Gasteiger charge is -2.28. The third-order valence-corrected chi connectivity index (χ3v) is 5.29. The number of rotatable bonds is 3.